The highest BCUT2D eigenvalue weighted by Crippen LogP contribution is 2.23. The Morgan fingerprint density at radius 3 is 2.31 bits per heavy atom. The zero-order valence-corrected chi connectivity index (χ0v) is 19.8. The summed E-state index contributed by atoms with van der Waals surface area (Å²) in [6, 6.07) is 20.0. The Hall–Kier alpha value is -4.04. The molecule has 3 aromatic rings. The van der Waals surface area contributed by atoms with Crippen LogP contribution in [0.25, 0.3) is 0 Å². The molecule has 0 atom stereocenters. The van der Waals surface area contributed by atoms with E-state index in [1.165, 1.54) is 24.3 Å². The van der Waals surface area contributed by atoms with Crippen molar-refractivity contribution in [2.75, 3.05) is 23.8 Å². The van der Waals surface area contributed by atoms with E-state index in [1.54, 1.807) is 43.3 Å². The SMILES string of the molecule is CCOC(=O)Oc1ccc(C(=O)Nc2cccc(NC(=O)CCCOc3ccccc3Cl)c2)cc1. The Morgan fingerprint density at radius 1 is 0.886 bits per heavy atom. The number of hydrogen-bond acceptors (Lipinski definition) is 6. The van der Waals surface area contributed by atoms with E-state index in [2.05, 4.69) is 10.6 Å². The quantitative estimate of drug-likeness (QED) is 0.205. The third-order valence-electron chi connectivity index (χ3n) is 4.63. The van der Waals surface area contributed by atoms with Gasteiger partial charge < -0.3 is 24.8 Å². The van der Waals surface area contributed by atoms with Crippen LogP contribution >= 0.6 is 11.6 Å². The Kier molecular flexibility index (Phi) is 9.50. The van der Waals surface area contributed by atoms with Gasteiger partial charge in [-0.25, -0.2) is 4.79 Å². The molecular formula is C26H25ClN2O6. The number of anilines is 2. The van der Waals surface area contributed by atoms with Crippen LogP contribution in [-0.4, -0.2) is 31.2 Å². The van der Waals surface area contributed by atoms with Gasteiger partial charge in [-0.15, -0.1) is 0 Å². The molecule has 0 aliphatic rings. The van der Waals surface area contributed by atoms with Crippen molar-refractivity contribution in [3.63, 3.8) is 0 Å². The molecule has 0 radical (unpaired) electrons. The average molecular weight is 497 g/mol. The maximum atomic E-state index is 12.5. The first-order valence-corrected chi connectivity index (χ1v) is 11.4. The number of rotatable bonds is 10. The van der Waals surface area contributed by atoms with Gasteiger partial charge in [-0.2, -0.15) is 0 Å². The van der Waals surface area contributed by atoms with Crippen LogP contribution in [-0.2, 0) is 9.53 Å². The monoisotopic (exact) mass is 496 g/mol. The summed E-state index contributed by atoms with van der Waals surface area (Å²) in [6.45, 7) is 2.24. The molecule has 0 spiro atoms. The zero-order valence-electron chi connectivity index (χ0n) is 19.1. The summed E-state index contributed by atoms with van der Waals surface area (Å²) in [5, 5.41) is 6.11. The third-order valence-corrected chi connectivity index (χ3v) is 4.94. The standard InChI is InChI=1S/C26H25ClN2O6/c1-2-33-26(32)35-21-14-12-18(13-15-21)25(31)29-20-8-5-7-19(17-20)28-24(30)11-6-16-34-23-10-4-3-9-22(23)27/h3-5,7-10,12-15,17H,2,6,11,16H2,1H3,(H,28,30)(H,29,31). The first kappa shape index (κ1) is 25.6. The molecule has 0 fully saturated rings. The molecular weight excluding hydrogens is 472 g/mol. The number of nitrogens with one attached hydrogen (secondary N) is 2. The van der Waals surface area contributed by atoms with Crippen LogP contribution in [0, 0.1) is 0 Å². The van der Waals surface area contributed by atoms with Crippen LogP contribution in [0.2, 0.25) is 5.02 Å². The van der Waals surface area contributed by atoms with Crippen LogP contribution in [0.3, 0.4) is 0 Å². The maximum absolute atomic E-state index is 12.5. The molecule has 0 aromatic heterocycles. The minimum atomic E-state index is -0.809. The molecule has 0 unspecified atom stereocenters. The van der Waals surface area contributed by atoms with E-state index in [1.807, 2.05) is 12.1 Å². The Labute approximate surface area is 208 Å². The van der Waals surface area contributed by atoms with Gasteiger partial charge in [-0.05, 0) is 67.9 Å². The van der Waals surface area contributed by atoms with Gasteiger partial charge in [0.2, 0.25) is 5.91 Å². The molecule has 0 saturated heterocycles. The molecule has 0 saturated carbocycles. The highest BCUT2D eigenvalue weighted by atomic mass is 35.5. The van der Waals surface area contributed by atoms with Crippen molar-refractivity contribution in [3.8, 4) is 11.5 Å². The molecule has 2 amide bonds. The Bertz CT molecular complexity index is 1170. The maximum Gasteiger partial charge on any atom is 0.513 e. The lowest BCUT2D eigenvalue weighted by molar-refractivity contribution is -0.116. The van der Waals surface area contributed by atoms with Crippen molar-refractivity contribution in [1.82, 2.24) is 0 Å². The van der Waals surface area contributed by atoms with Gasteiger partial charge in [0.25, 0.3) is 5.91 Å². The predicted molar refractivity (Wildman–Crippen MR) is 133 cm³/mol. The van der Waals surface area contributed by atoms with E-state index >= 15 is 0 Å². The number of halogens is 1. The van der Waals surface area contributed by atoms with E-state index in [0.29, 0.717) is 40.7 Å². The van der Waals surface area contributed by atoms with E-state index in [0.717, 1.165) is 0 Å². The fourth-order valence-electron chi connectivity index (χ4n) is 3.00. The molecule has 0 aliphatic heterocycles. The van der Waals surface area contributed by atoms with Crippen molar-refractivity contribution in [1.29, 1.82) is 0 Å². The van der Waals surface area contributed by atoms with Crippen molar-refractivity contribution in [3.05, 3.63) is 83.4 Å². The number of amides is 2. The van der Waals surface area contributed by atoms with Gasteiger partial charge in [0.1, 0.15) is 11.5 Å². The lowest BCUT2D eigenvalue weighted by atomic mass is 10.2. The molecule has 3 aromatic carbocycles. The fourth-order valence-corrected chi connectivity index (χ4v) is 3.19. The van der Waals surface area contributed by atoms with Gasteiger partial charge >= 0.3 is 6.16 Å². The molecule has 2 N–H and O–H groups in total. The Morgan fingerprint density at radius 2 is 1.60 bits per heavy atom. The summed E-state index contributed by atoms with van der Waals surface area (Å²) in [5.41, 5.74) is 1.44. The molecule has 0 heterocycles. The molecule has 8 nitrogen and oxygen atoms in total. The lowest BCUT2D eigenvalue weighted by Crippen LogP contribution is -2.14. The molecule has 35 heavy (non-hydrogen) atoms. The number of hydrogen-bond donors (Lipinski definition) is 2. The largest absolute Gasteiger partial charge is 0.513 e. The summed E-state index contributed by atoms with van der Waals surface area (Å²) in [4.78, 5) is 36.2. The Balaban J connectivity index is 1.46. The predicted octanol–water partition coefficient (Wildman–Crippen LogP) is 5.93. The fraction of sp³-hybridized carbons (Fsp3) is 0.192. The summed E-state index contributed by atoms with van der Waals surface area (Å²) in [7, 11) is 0. The van der Waals surface area contributed by atoms with Crippen molar-refractivity contribution in [2.24, 2.45) is 0 Å². The average Bonchev–Trinajstić information content (AvgIpc) is 2.83. The third kappa shape index (κ3) is 8.35. The molecule has 9 heteroatoms. The minimum Gasteiger partial charge on any atom is -0.492 e. The van der Waals surface area contributed by atoms with Crippen LogP contribution in [0.4, 0.5) is 16.2 Å². The first-order chi connectivity index (χ1) is 16.9. The van der Waals surface area contributed by atoms with Crippen LogP contribution in [0.1, 0.15) is 30.1 Å². The van der Waals surface area contributed by atoms with Crippen molar-refractivity contribution in [2.45, 2.75) is 19.8 Å². The number of benzene rings is 3. The minimum absolute atomic E-state index is 0.173. The second kappa shape index (κ2) is 13.0. The molecule has 0 bridgehead atoms. The lowest BCUT2D eigenvalue weighted by Gasteiger charge is -2.10. The first-order valence-electron chi connectivity index (χ1n) is 11.0. The van der Waals surface area contributed by atoms with Gasteiger partial charge in [0.15, 0.2) is 0 Å². The van der Waals surface area contributed by atoms with Crippen molar-refractivity contribution >= 4 is 40.9 Å². The molecule has 0 aliphatic carbocycles. The van der Waals surface area contributed by atoms with E-state index in [9.17, 15) is 14.4 Å². The normalized spacial score (nSPS) is 10.2. The van der Waals surface area contributed by atoms with Gasteiger partial charge in [-0.3, -0.25) is 9.59 Å². The second-order valence-electron chi connectivity index (χ2n) is 7.27. The van der Waals surface area contributed by atoms with Gasteiger partial charge in [-0.1, -0.05) is 29.8 Å². The van der Waals surface area contributed by atoms with E-state index in [-0.39, 0.29) is 30.6 Å². The zero-order chi connectivity index (χ0) is 25.0. The van der Waals surface area contributed by atoms with E-state index < -0.39 is 6.16 Å². The highest BCUT2D eigenvalue weighted by molar-refractivity contribution is 6.32. The number of carbonyl (C=O) groups is 3. The number of para-hydroxylation sites is 1. The topological polar surface area (TPSA) is 103 Å². The van der Waals surface area contributed by atoms with Crippen LogP contribution in [0.15, 0.2) is 72.8 Å². The summed E-state index contributed by atoms with van der Waals surface area (Å²) >= 11 is 6.04. The van der Waals surface area contributed by atoms with Gasteiger partial charge in [0.05, 0.1) is 18.2 Å². The van der Waals surface area contributed by atoms with Gasteiger partial charge in [0, 0.05) is 23.4 Å². The van der Waals surface area contributed by atoms with E-state index in [4.69, 9.17) is 25.8 Å². The summed E-state index contributed by atoms with van der Waals surface area (Å²) in [5.74, 6) is 0.322. The second-order valence-corrected chi connectivity index (χ2v) is 7.68. The van der Waals surface area contributed by atoms with Crippen LogP contribution in [0.5, 0.6) is 11.5 Å². The number of ether oxygens (including phenoxy) is 3. The molecule has 182 valence electrons. The summed E-state index contributed by atoms with van der Waals surface area (Å²) in [6.07, 6.45) is -0.0263. The molecule has 3 rings (SSSR count). The highest BCUT2D eigenvalue weighted by Gasteiger charge is 2.10. The van der Waals surface area contributed by atoms with Crippen LogP contribution < -0.4 is 20.1 Å². The smallest absolute Gasteiger partial charge is 0.492 e. The van der Waals surface area contributed by atoms with Crippen molar-refractivity contribution < 1.29 is 28.6 Å². The number of carbonyl (C=O) groups excluding carboxylic acids is 3. The summed E-state index contributed by atoms with van der Waals surface area (Å²) < 4.78 is 15.3.